The van der Waals surface area contributed by atoms with Crippen LogP contribution in [0, 0.1) is 0 Å². The van der Waals surface area contributed by atoms with Gasteiger partial charge in [0.25, 0.3) is 0 Å². The maximum atomic E-state index is 14.8. The third kappa shape index (κ3) is 4.14. The zero-order chi connectivity index (χ0) is 31.1. The molecule has 0 bridgehead atoms. The van der Waals surface area contributed by atoms with E-state index in [9.17, 15) is 9.59 Å². The zero-order valence-electron chi connectivity index (χ0n) is 25.1. The van der Waals surface area contributed by atoms with Gasteiger partial charge in [0.2, 0.25) is 0 Å². The van der Waals surface area contributed by atoms with E-state index in [1.807, 2.05) is 109 Å². The van der Waals surface area contributed by atoms with Crippen molar-refractivity contribution in [1.82, 2.24) is 0 Å². The second kappa shape index (κ2) is 11.0. The summed E-state index contributed by atoms with van der Waals surface area (Å²) in [4.78, 5) is 29.6. The fraction of sp³-hybridized carbons (Fsp3) is 0.0952. The van der Waals surface area contributed by atoms with Gasteiger partial charge >= 0.3 is 11.9 Å². The Bertz CT molecular complexity index is 1850. The van der Waals surface area contributed by atoms with Gasteiger partial charge in [-0.25, -0.2) is 0 Å². The van der Waals surface area contributed by atoms with Gasteiger partial charge in [-0.15, -0.1) is 0 Å². The highest BCUT2D eigenvalue weighted by Gasteiger charge is 2.56. The van der Waals surface area contributed by atoms with Gasteiger partial charge in [-0.05, 0) is 81.6 Å². The second-order valence-corrected chi connectivity index (χ2v) is 11.9. The minimum Gasteiger partial charge on any atom is -0.426 e. The molecule has 0 radical (unpaired) electrons. The first-order valence-electron chi connectivity index (χ1n) is 15.6. The molecule has 0 fully saturated rings. The van der Waals surface area contributed by atoms with E-state index in [1.165, 1.54) is 0 Å². The first-order valence-corrected chi connectivity index (χ1v) is 15.6. The van der Waals surface area contributed by atoms with Crippen LogP contribution in [0.5, 0.6) is 11.5 Å². The molecule has 0 spiro atoms. The molecule has 222 valence electrons. The Kier molecular flexibility index (Phi) is 6.65. The molecule has 6 aromatic carbocycles. The molecular weight excluding hydrogens is 568 g/mol. The topological polar surface area (TPSA) is 52.6 Å². The molecule has 46 heavy (non-hydrogen) atoms. The van der Waals surface area contributed by atoms with Crippen LogP contribution in [0.4, 0.5) is 0 Å². The van der Waals surface area contributed by atoms with Crippen molar-refractivity contribution in [1.29, 1.82) is 0 Å². The van der Waals surface area contributed by atoms with Crippen LogP contribution in [0.25, 0.3) is 22.3 Å². The fourth-order valence-electron chi connectivity index (χ4n) is 7.57. The summed E-state index contributed by atoms with van der Waals surface area (Å²) < 4.78 is 12.4. The number of hydrogen-bond acceptors (Lipinski definition) is 4. The van der Waals surface area contributed by atoms with Crippen LogP contribution < -0.4 is 9.47 Å². The van der Waals surface area contributed by atoms with Crippen LogP contribution in [0.15, 0.2) is 158 Å². The van der Waals surface area contributed by atoms with Crippen LogP contribution >= 0.6 is 0 Å². The third-order valence-electron chi connectivity index (χ3n) is 9.61. The number of carbonyl (C=O) groups excluding carboxylic acids is 2. The van der Waals surface area contributed by atoms with E-state index in [4.69, 9.17) is 9.47 Å². The van der Waals surface area contributed by atoms with Gasteiger partial charge in [-0.3, -0.25) is 9.59 Å². The number of hydrogen-bond donors (Lipinski definition) is 0. The first kappa shape index (κ1) is 27.8. The average Bonchev–Trinajstić information content (AvgIpc) is 3.57. The Morgan fingerprint density at radius 1 is 0.370 bits per heavy atom. The van der Waals surface area contributed by atoms with Crippen molar-refractivity contribution in [3.8, 4) is 33.8 Å². The number of ether oxygens (including phenoxy) is 2. The highest BCUT2D eigenvalue weighted by atomic mass is 16.5. The molecule has 6 aromatic rings. The molecule has 0 atom stereocenters. The summed E-state index contributed by atoms with van der Waals surface area (Å²) in [5, 5.41) is 0. The highest BCUT2D eigenvalue weighted by Crippen LogP contribution is 2.57. The molecule has 0 amide bonds. The van der Waals surface area contributed by atoms with E-state index in [1.54, 1.807) is 24.3 Å². The van der Waals surface area contributed by atoms with Gasteiger partial charge in [-0.1, -0.05) is 133 Å². The number of para-hydroxylation sites is 2. The van der Waals surface area contributed by atoms with Gasteiger partial charge in [0, 0.05) is 0 Å². The molecule has 0 aliphatic heterocycles. The van der Waals surface area contributed by atoms with Gasteiger partial charge < -0.3 is 9.47 Å². The van der Waals surface area contributed by atoms with E-state index in [2.05, 4.69) is 24.3 Å². The predicted octanol–water partition coefficient (Wildman–Crippen LogP) is 8.91. The van der Waals surface area contributed by atoms with Crippen LogP contribution in [-0.2, 0) is 20.4 Å². The number of carbonyl (C=O) groups is 2. The largest absolute Gasteiger partial charge is 0.426 e. The summed E-state index contributed by atoms with van der Waals surface area (Å²) in [7, 11) is 0. The van der Waals surface area contributed by atoms with E-state index < -0.39 is 10.8 Å². The maximum Gasteiger partial charge on any atom is 0.326 e. The van der Waals surface area contributed by atoms with Gasteiger partial charge in [-0.2, -0.15) is 0 Å². The van der Waals surface area contributed by atoms with Crippen LogP contribution in [0.2, 0.25) is 0 Å². The lowest BCUT2D eigenvalue weighted by atomic mass is 9.67. The molecule has 0 aromatic heterocycles. The van der Waals surface area contributed by atoms with Crippen LogP contribution in [0.1, 0.15) is 35.1 Å². The lowest BCUT2D eigenvalue weighted by Crippen LogP contribution is -2.44. The van der Waals surface area contributed by atoms with Crippen molar-refractivity contribution < 1.29 is 19.1 Å². The number of rotatable bonds is 7. The summed E-state index contributed by atoms with van der Waals surface area (Å²) in [6.07, 6.45) is 0.610. The maximum absolute atomic E-state index is 14.8. The van der Waals surface area contributed by atoms with Crippen LogP contribution in [0.3, 0.4) is 0 Å². The molecular formula is C42H30O4. The number of esters is 2. The molecule has 4 nitrogen and oxygen atoms in total. The molecule has 0 heterocycles. The number of benzene rings is 6. The minimum absolute atomic E-state index is 0.305. The van der Waals surface area contributed by atoms with Gasteiger partial charge in [0.15, 0.2) is 0 Å². The van der Waals surface area contributed by atoms with E-state index >= 15 is 0 Å². The summed E-state index contributed by atoms with van der Waals surface area (Å²) in [6, 6.07) is 50.6. The van der Waals surface area contributed by atoms with E-state index in [0.717, 1.165) is 44.5 Å². The minimum atomic E-state index is -1.17. The first-order chi connectivity index (χ1) is 22.6. The van der Waals surface area contributed by atoms with Crippen molar-refractivity contribution in [3.63, 3.8) is 0 Å². The standard InChI is InChI=1S/C42H30O4/c43-39(45-29-15-3-1-4-16-29)41(35-23-11-7-19-31(35)32-20-8-12-24-36(32)41)27-28-42(40(44)46-30-17-5-2-6-18-30)37-25-13-9-21-33(37)34-22-10-14-26-38(34)42/h1-26H,27-28H2. The molecule has 2 aliphatic carbocycles. The summed E-state index contributed by atoms with van der Waals surface area (Å²) in [5.74, 6) is 0.205. The highest BCUT2D eigenvalue weighted by molar-refractivity contribution is 6.01. The smallest absolute Gasteiger partial charge is 0.326 e. The SMILES string of the molecule is O=C(Oc1ccccc1)C1(CCC2(C(=O)Oc3ccccc3)c3ccccc3-c3ccccc32)c2ccccc2-c2ccccc21. The fourth-order valence-corrected chi connectivity index (χ4v) is 7.57. The summed E-state index contributed by atoms with van der Waals surface area (Å²) in [6.45, 7) is 0. The van der Waals surface area contributed by atoms with Gasteiger partial charge in [0.1, 0.15) is 22.3 Å². The van der Waals surface area contributed by atoms with Crippen LogP contribution in [-0.4, -0.2) is 11.9 Å². The normalized spacial score (nSPS) is 14.3. The Balaban J connectivity index is 1.32. The Labute approximate surface area is 267 Å². The quantitative estimate of drug-likeness (QED) is 0.136. The monoisotopic (exact) mass is 598 g/mol. The average molecular weight is 599 g/mol. The Morgan fingerprint density at radius 2 is 0.630 bits per heavy atom. The molecule has 0 saturated carbocycles. The van der Waals surface area contributed by atoms with Crippen molar-refractivity contribution in [2.24, 2.45) is 0 Å². The number of fused-ring (bicyclic) bond motifs is 6. The van der Waals surface area contributed by atoms with Crippen molar-refractivity contribution in [2.45, 2.75) is 23.7 Å². The molecule has 0 saturated heterocycles. The molecule has 4 heteroatoms. The van der Waals surface area contributed by atoms with Crippen molar-refractivity contribution in [2.75, 3.05) is 0 Å². The third-order valence-corrected chi connectivity index (χ3v) is 9.61. The predicted molar refractivity (Wildman–Crippen MR) is 179 cm³/mol. The summed E-state index contributed by atoms with van der Waals surface area (Å²) in [5.41, 5.74) is 5.16. The van der Waals surface area contributed by atoms with E-state index in [0.29, 0.717) is 24.3 Å². The molecule has 8 rings (SSSR count). The lowest BCUT2D eigenvalue weighted by molar-refractivity contribution is -0.142. The van der Waals surface area contributed by atoms with Crippen molar-refractivity contribution in [3.05, 3.63) is 180 Å². The Hall–Kier alpha value is -5.74. The second-order valence-electron chi connectivity index (χ2n) is 11.9. The molecule has 2 aliphatic rings. The molecule has 0 N–H and O–H groups in total. The summed E-state index contributed by atoms with van der Waals surface area (Å²) >= 11 is 0. The van der Waals surface area contributed by atoms with Gasteiger partial charge in [0.05, 0.1) is 0 Å². The van der Waals surface area contributed by atoms with Crippen molar-refractivity contribution >= 4 is 11.9 Å². The zero-order valence-corrected chi connectivity index (χ0v) is 25.1. The Morgan fingerprint density at radius 3 is 0.935 bits per heavy atom. The lowest BCUT2D eigenvalue weighted by Gasteiger charge is -2.35. The van der Waals surface area contributed by atoms with E-state index in [-0.39, 0.29) is 11.9 Å². The molecule has 0 unspecified atom stereocenters.